The van der Waals surface area contributed by atoms with Gasteiger partial charge >= 0.3 is 0 Å². The molecule has 54 heavy (non-hydrogen) atoms. The second-order valence-corrected chi connectivity index (χ2v) is 20.8. The van der Waals surface area contributed by atoms with Gasteiger partial charge in [-0.1, -0.05) is 62.3 Å². The molecule has 3 aromatic carbocycles. The minimum absolute atomic E-state index is 0.0444. The molecule has 4 aliphatic rings. The zero-order valence-corrected chi connectivity index (χ0v) is 33.4. The first-order valence-corrected chi connectivity index (χ1v) is 22.7. The molecule has 0 aliphatic carbocycles. The van der Waals surface area contributed by atoms with Crippen molar-refractivity contribution in [2.75, 3.05) is 43.7 Å². The van der Waals surface area contributed by atoms with Gasteiger partial charge in [0.15, 0.2) is 5.60 Å². The molecule has 11 heteroatoms. The Balaban J connectivity index is 1.25. The smallest absolute Gasteiger partial charge is 0.264 e. The lowest BCUT2D eigenvalue weighted by molar-refractivity contribution is -0.150. The average molecular weight is 754 g/mol. The maximum Gasteiger partial charge on any atom is 0.264 e. The third-order valence-corrected chi connectivity index (χ3v) is 17.1. The van der Waals surface area contributed by atoms with Crippen molar-refractivity contribution in [3.63, 3.8) is 0 Å². The lowest BCUT2D eigenvalue weighted by Crippen LogP contribution is -2.52. The first kappa shape index (κ1) is 38.1. The van der Waals surface area contributed by atoms with Gasteiger partial charge in [-0.2, -0.15) is 0 Å². The summed E-state index contributed by atoms with van der Waals surface area (Å²) in [6, 6.07) is 21.8. The summed E-state index contributed by atoms with van der Waals surface area (Å²) in [6.45, 7) is 8.33. The number of anilines is 2. The maximum atomic E-state index is 15.3. The Bertz CT molecular complexity index is 1850. The van der Waals surface area contributed by atoms with Crippen molar-refractivity contribution < 1.29 is 33.7 Å². The van der Waals surface area contributed by atoms with E-state index >= 15 is 4.79 Å². The first-order valence-electron chi connectivity index (χ1n) is 19.7. The Hall–Kier alpha value is -4.19. The quantitative estimate of drug-likeness (QED) is 0.248. The molecular weight excluding hydrogens is 699 g/mol. The molecule has 1 N–H and O–H groups in total. The Morgan fingerprint density at radius 3 is 2.31 bits per heavy atom. The standard InChI is InChI=1S/C43H55N3O7Si/c1-29-41(54(4,5)35-20-17-33(51-2)18-21-35)38(26-40(49)45-24-10-11-32(45)28-47)53-43(29)36-25-34(52-3)19-22-37(36)46(42(43)50)27-30-13-15-31(16-14-30)44-23-9-7-6-8-12-39(44)48/h13-22,25,29,32,38,41,47H,6-12,23-24,26-28H2,1-5H3/t29-,32-,38+,41-,43+/m0/s1. The number of carbonyl (C=O) groups excluding carboxylic acids is 3. The van der Waals surface area contributed by atoms with Gasteiger partial charge in [0.25, 0.3) is 5.91 Å². The number of benzene rings is 3. The number of ether oxygens (including phenoxy) is 3. The number of amides is 3. The average Bonchev–Trinajstić information content (AvgIpc) is 3.84. The van der Waals surface area contributed by atoms with Crippen LogP contribution in [0.1, 0.15) is 69.4 Å². The van der Waals surface area contributed by atoms with E-state index in [0.717, 1.165) is 73.3 Å². The Labute approximate surface area is 320 Å². The van der Waals surface area contributed by atoms with Crippen LogP contribution in [-0.4, -0.2) is 81.9 Å². The van der Waals surface area contributed by atoms with E-state index in [-0.39, 0.29) is 48.3 Å². The monoisotopic (exact) mass is 753 g/mol. The number of rotatable bonds is 10. The van der Waals surface area contributed by atoms with Crippen LogP contribution in [0.5, 0.6) is 11.5 Å². The van der Waals surface area contributed by atoms with E-state index in [1.54, 1.807) is 14.2 Å². The van der Waals surface area contributed by atoms with Crippen molar-refractivity contribution in [2.24, 2.45) is 5.92 Å². The molecule has 288 valence electrons. The minimum atomic E-state index is -2.47. The molecule has 0 aromatic heterocycles. The summed E-state index contributed by atoms with van der Waals surface area (Å²) in [5.74, 6) is 1.10. The van der Waals surface area contributed by atoms with Crippen LogP contribution in [0.15, 0.2) is 66.7 Å². The number of likely N-dealkylation sites (tertiary alicyclic amines) is 1. The number of hydrogen-bond donors (Lipinski definition) is 1. The number of methoxy groups -OCH3 is 2. The van der Waals surface area contributed by atoms with Crippen molar-refractivity contribution in [2.45, 2.75) is 101 Å². The van der Waals surface area contributed by atoms with E-state index in [1.807, 2.05) is 69.3 Å². The number of aliphatic hydroxyl groups excluding tert-OH is 1. The van der Waals surface area contributed by atoms with Crippen molar-refractivity contribution in [3.8, 4) is 11.5 Å². The molecule has 0 bridgehead atoms. The Morgan fingerprint density at radius 2 is 1.61 bits per heavy atom. The van der Waals surface area contributed by atoms with E-state index in [2.05, 4.69) is 32.2 Å². The predicted molar refractivity (Wildman–Crippen MR) is 212 cm³/mol. The summed E-state index contributed by atoms with van der Waals surface area (Å²) in [4.78, 5) is 47.9. The molecule has 4 aliphatic heterocycles. The highest BCUT2D eigenvalue weighted by Crippen LogP contribution is 2.60. The van der Waals surface area contributed by atoms with E-state index in [1.165, 1.54) is 5.19 Å². The van der Waals surface area contributed by atoms with Crippen molar-refractivity contribution in [1.82, 2.24) is 4.90 Å². The van der Waals surface area contributed by atoms with Crippen molar-refractivity contribution in [1.29, 1.82) is 0 Å². The van der Waals surface area contributed by atoms with Gasteiger partial charge in [-0.05, 0) is 79.3 Å². The van der Waals surface area contributed by atoms with Crippen LogP contribution in [0.25, 0.3) is 0 Å². The van der Waals surface area contributed by atoms with Crippen LogP contribution < -0.4 is 24.5 Å². The van der Waals surface area contributed by atoms with Gasteiger partial charge < -0.3 is 34.0 Å². The lowest BCUT2D eigenvalue weighted by atomic mass is 9.82. The van der Waals surface area contributed by atoms with E-state index in [9.17, 15) is 14.7 Å². The number of hydrogen-bond acceptors (Lipinski definition) is 7. The second kappa shape index (κ2) is 15.5. The van der Waals surface area contributed by atoms with Gasteiger partial charge in [0.1, 0.15) is 11.5 Å². The second-order valence-electron chi connectivity index (χ2n) is 16.1. The third kappa shape index (κ3) is 6.72. The molecule has 0 unspecified atom stereocenters. The van der Waals surface area contributed by atoms with E-state index < -0.39 is 19.8 Å². The zero-order valence-electron chi connectivity index (χ0n) is 32.4. The fraction of sp³-hybridized carbons (Fsp3) is 0.512. The first-order chi connectivity index (χ1) is 26.0. The van der Waals surface area contributed by atoms with Crippen LogP contribution in [0.3, 0.4) is 0 Å². The molecule has 3 amide bonds. The number of carbonyl (C=O) groups is 3. The Morgan fingerprint density at radius 1 is 0.907 bits per heavy atom. The normalized spacial score (nSPS) is 25.9. The summed E-state index contributed by atoms with van der Waals surface area (Å²) < 4.78 is 18.4. The fourth-order valence-corrected chi connectivity index (χ4v) is 13.8. The SMILES string of the molecule is COc1ccc([Si](C)(C)[C@@H]2[C@@H](CC(=O)N3CCC[C@H]3CO)O[C@]3(C(=O)N(Cc4ccc(N5CCCCCCC5=O)cc4)c4ccc(OC)cc43)[C@H]2C)cc1. The van der Waals surface area contributed by atoms with Crippen molar-refractivity contribution in [3.05, 3.63) is 77.9 Å². The summed E-state index contributed by atoms with van der Waals surface area (Å²) in [6.07, 6.45) is 5.93. The molecule has 7 rings (SSSR count). The number of nitrogens with zero attached hydrogens (tertiary/aromatic N) is 3. The molecule has 10 nitrogen and oxygen atoms in total. The highest BCUT2D eigenvalue weighted by Gasteiger charge is 2.66. The van der Waals surface area contributed by atoms with Gasteiger partial charge in [0.05, 0.1) is 59.7 Å². The minimum Gasteiger partial charge on any atom is -0.497 e. The maximum absolute atomic E-state index is 15.3. The predicted octanol–water partition coefficient (Wildman–Crippen LogP) is 6.14. The highest BCUT2D eigenvalue weighted by atomic mass is 28.3. The van der Waals surface area contributed by atoms with Crippen LogP contribution in [0.2, 0.25) is 18.6 Å². The number of fused-ring (bicyclic) bond motifs is 2. The molecule has 3 fully saturated rings. The third-order valence-electron chi connectivity index (χ3n) is 12.7. The Kier molecular flexibility index (Phi) is 10.9. The summed E-state index contributed by atoms with van der Waals surface area (Å²) in [5.41, 5.74) is 1.91. The summed E-state index contributed by atoms with van der Waals surface area (Å²) in [5, 5.41) is 11.3. The molecule has 0 saturated carbocycles. The molecule has 0 radical (unpaired) electrons. The molecular formula is C43H55N3O7Si. The molecule has 3 aromatic rings. The molecule has 1 spiro atoms. The molecule has 4 heterocycles. The van der Waals surface area contributed by atoms with E-state index in [0.29, 0.717) is 25.3 Å². The zero-order chi connectivity index (χ0) is 38.2. The number of aliphatic hydroxyl groups is 1. The van der Waals surface area contributed by atoms with Crippen LogP contribution >= 0.6 is 0 Å². The lowest BCUT2D eigenvalue weighted by Gasteiger charge is -2.37. The largest absolute Gasteiger partial charge is 0.497 e. The van der Waals surface area contributed by atoms with Gasteiger partial charge in [0, 0.05) is 36.7 Å². The van der Waals surface area contributed by atoms with Crippen LogP contribution in [-0.2, 0) is 31.3 Å². The van der Waals surface area contributed by atoms with Crippen LogP contribution in [0.4, 0.5) is 11.4 Å². The highest BCUT2D eigenvalue weighted by molar-refractivity contribution is 6.91. The van der Waals surface area contributed by atoms with Gasteiger partial charge in [0.2, 0.25) is 11.8 Å². The summed E-state index contributed by atoms with van der Waals surface area (Å²) >= 11 is 0. The van der Waals surface area contributed by atoms with Gasteiger partial charge in [-0.15, -0.1) is 0 Å². The topological polar surface area (TPSA) is 109 Å². The molecule has 3 saturated heterocycles. The van der Waals surface area contributed by atoms with Gasteiger partial charge in [-0.3, -0.25) is 14.4 Å². The van der Waals surface area contributed by atoms with E-state index in [4.69, 9.17) is 14.2 Å². The fourth-order valence-electron chi connectivity index (χ4n) is 9.82. The molecule has 5 atom stereocenters. The van der Waals surface area contributed by atoms with Crippen molar-refractivity contribution >= 4 is 42.4 Å². The van der Waals surface area contributed by atoms with Crippen LogP contribution in [0, 0.1) is 5.92 Å². The van der Waals surface area contributed by atoms with Gasteiger partial charge in [-0.25, -0.2) is 0 Å². The summed E-state index contributed by atoms with van der Waals surface area (Å²) in [7, 11) is 0.806.